The summed E-state index contributed by atoms with van der Waals surface area (Å²) in [5, 5.41) is 0. The number of benzene rings is 3. The zero-order valence-electron chi connectivity index (χ0n) is 14.8. The summed E-state index contributed by atoms with van der Waals surface area (Å²) in [6, 6.07) is 26.0. The van der Waals surface area contributed by atoms with Crippen LogP contribution >= 0.6 is 0 Å². The minimum Gasteiger partial charge on any atom is -0.335 e. The van der Waals surface area contributed by atoms with Crippen molar-refractivity contribution in [1.82, 2.24) is 4.90 Å². The summed E-state index contributed by atoms with van der Waals surface area (Å²) in [6.45, 7) is 0. The largest absolute Gasteiger partial charge is 0.335 e. The lowest BCUT2D eigenvalue weighted by molar-refractivity contribution is -0.131. The van der Waals surface area contributed by atoms with E-state index in [2.05, 4.69) is 0 Å². The van der Waals surface area contributed by atoms with Crippen molar-refractivity contribution >= 4 is 5.91 Å². The highest BCUT2D eigenvalue weighted by Gasteiger charge is 2.23. The van der Waals surface area contributed by atoms with Gasteiger partial charge in [-0.15, -0.1) is 0 Å². The number of hydrogen-bond acceptors (Lipinski definition) is 1. The van der Waals surface area contributed by atoms with Gasteiger partial charge < -0.3 is 4.90 Å². The molecule has 0 N–H and O–H groups in total. The molecule has 0 spiro atoms. The second-order valence-corrected chi connectivity index (χ2v) is 6.36. The summed E-state index contributed by atoms with van der Waals surface area (Å²) in [5.41, 5.74) is 3.05. The number of rotatable bonds is 6. The monoisotopic (exact) mass is 347 g/mol. The molecule has 0 saturated heterocycles. The minimum absolute atomic E-state index is 0.0621. The fraction of sp³-hybridized carbons (Fsp3) is 0.174. The molecule has 3 aromatic rings. The Bertz CT molecular complexity index is 831. The zero-order chi connectivity index (χ0) is 18.4. The molecule has 0 bridgehead atoms. The highest BCUT2D eigenvalue weighted by molar-refractivity contribution is 5.77. The molecule has 3 heteroatoms. The van der Waals surface area contributed by atoms with Crippen LogP contribution in [0.3, 0.4) is 0 Å². The van der Waals surface area contributed by atoms with E-state index in [0.717, 1.165) is 16.7 Å². The van der Waals surface area contributed by atoms with Gasteiger partial charge in [-0.05, 0) is 35.2 Å². The van der Waals surface area contributed by atoms with Gasteiger partial charge in [-0.3, -0.25) is 4.79 Å². The number of aryl methyl sites for hydroxylation is 1. The highest BCUT2D eigenvalue weighted by Crippen LogP contribution is 2.28. The van der Waals surface area contributed by atoms with Crippen molar-refractivity contribution in [3.63, 3.8) is 0 Å². The van der Waals surface area contributed by atoms with Crippen molar-refractivity contribution in [3.8, 4) is 0 Å². The third-order valence-corrected chi connectivity index (χ3v) is 4.55. The molecule has 0 unspecified atom stereocenters. The SMILES string of the molecule is CN(C(=O)CCc1ccccc1)[C@@H](c1ccccc1)c1ccc(F)cc1. The Balaban J connectivity index is 1.81. The lowest BCUT2D eigenvalue weighted by atomic mass is 9.97. The molecule has 132 valence electrons. The second kappa shape index (κ2) is 8.43. The Morgan fingerprint density at radius 3 is 2.00 bits per heavy atom. The van der Waals surface area contributed by atoms with E-state index < -0.39 is 0 Å². The fourth-order valence-electron chi connectivity index (χ4n) is 3.14. The average molecular weight is 347 g/mol. The van der Waals surface area contributed by atoms with Crippen LogP contribution in [-0.2, 0) is 11.2 Å². The van der Waals surface area contributed by atoms with Gasteiger partial charge in [-0.25, -0.2) is 4.39 Å². The van der Waals surface area contributed by atoms with E-state index in [1.807, 2.05) is 67.7 Å². The van der Waals surface area contributed by atoms with Gasteiger partial charge in [0, 0.05) is 13.5 Å². The van der Waals surface area contributed by atoms with Gasteiger partial charge in [-0.2, -0.15) is 0 Å². The molecule has 26 heavy (non-hydrogen) atoms. The van der Waals surface area contributed by atoms with Gasteiger partial charge >= 0.3 is 0 Å². The number of nitrogens with zero attached hydrogens (tertiary/aromatic N) is 1. The van der Waals surface area contributed by atoms with E-state index in [4.69, 9.17) is 0 Å². The van der Waals surface area contributed by atoms with Crippen LogP contribution in [0.5, 0.6) is 0 Å². The third-order valence-electron chi connectivity index (χ3n) is 4.55. The molecular formula is C23H22FNO. The average Bonchev–Trinajstić information content (AvgIpc) is 2.69. The summed E-state index contributed by atoms with van der Waals surface area (Å²) in [4.78, 5) is 14.6. The van der Waals surface area contributed by atoms with Gasteiger partial charge in [0.2, 0.25) is 5.91 Å². The Kier molecular flexibility index (Phi) is 5.80. The molecule has 0 aromatic heterocycles. The van der Waals surface area contributed by atoms with Crippen molar-refractivity contribution in [1.29, 1.82) is 0 Å². The second-order valence-electron chi connectivity index (χ2n) is 6.36. The maximum absolute atomic E-state index is 13.3. The summed E-state index contributed by atoms with van der Waals surface area (Å²) < 4.78 is 13.3. The number of amides is 1. The molecule has 1 atom stereocenters. The van der Waals surface area contributed by atoms with Crippen LogP contribution in [-0.4, -0.2) is 17.9 Å². The first-order valence-electron chi connectivity index (χ1n) is 8.75. The number of hydrogen-bond donors (Lipinski definition) is 0. The molecule has 2 nitrogen and oxygen atoms in total. The van der Waals surface area contributed by atoms with Crippen molar-refractivity contribution in [2.75, 3.05) is 7.05 Å². The maximum atomic E-state index is 13.3. The van der Waals surface area contributed by atoms with E-state index >= 15 is 0 Å². The Morgan fingerprint density at radius 2 is 1.38 bits per heavy atom. The van der Waals surface area contributed by atoms with Crippen LogP contribution < -0.4 is 0 Å². The molecule has 0 aliphatic carbocycles. The van der Waals surface area contributed by atoms with E-state index in [1.54, 1.807) is 17.0 Å². The summed E-state index contributed by atoms with van der Waals surface area (Å²) >= 11 is 0. The highest BCUT2D eigenvalue weighted by atomic mass is 19.1. The van der Waals surface area contributed by atoms with E-state index in [-0.39, 0.29) is 17.8 Å². The van der Waals surface area contributed by atoms with Crippen molar-refractivity contribution in [3.05, 3.63) is 107 Å². The Morgan fingerprint density at radius 1 is 0.846 bits per heavy atom. The van der Waals surface area contributed by atoms with Crippen LogP contribution in [0.1, 0.15) is 29.2 Å². The van der Waals surface area contributed by atoms with Gasteiger partial charge in [0.25, 0.3) is 0 Å². The predicted molar refractivity (Wildman–Crippen MR) is 102 cm³/mol. The van der Waals surface area contributed by atoms with E-state index in [0.29, 0.717) is 12.8 Å². The van der Waals surface area contributed by atoms with E-state index in [9.17, 15) is 9.18 Å². The first kappa shape index (κ1) is 17.9. The summed E-state index contributed by atoms with van der Waals surface area (Å²) in [5.74, 6) is -0.217. The van der Waals surface area contributed by atoms with Gasteiger partial charge in [0.05, 0.1) is 6.04 Å². The van der Waals surface area contributed by atoms with Crippen LogP contribution in [0.2, 0.25) is 0 Å². The molecule has 3 aromatic carbocycles. The molecule has 1 amide bonds. The van der Waals surface area contributed by atoms with Crippen LogP contribution in [0.15, 0.2) is 84.9 Å². The molecule has 0 radical (unpaired) electrons. The quantitative estimate of drug-likeness (QED) is 0.614. The third kappa shape index (κ3) is 4.37. The molecule has 0 fully saturated rings. The molecule has 0 saturated carbocycles. The first-order chi connectivity index (χ1) is 12.6. The van der Waals surface area contributed by atoms with Crippen LogP contribution in [0.25, 0.3) is 0 Å². The first-order valence-corrected chi connectivity index (χ1v) is 8.75. The van der Waals surface area contributed by atoms with Crippen molar-refractivity contribution in [2.45, 2.75) is 18.9 Å². The van der Waals surface area contributed by atoms with Crippen molar-refractivity contribution in [2.24, 2.45) is 0 Å². The topological polar surface area (TPSA) is 20.3 Å². The number of carbonyl (C=O) groups is 1. The summed E-state index contributed by atoms with van der Waals surface area (Å²) in [6.07, 6.45) is 1.14. The van der Waals surface area contributed by atoms with Gasteiger partial charge in [0.15, 0.2) is 0 Å². The molecule has 3 rings (SSSR count). The normalized spacial score (nSPS) is 11.8. The molecule has 0 heterocycles. The zero-order valence-corrected chi connectivity index (χ0v) is 14.8. The summed E-state index contributed by atoms with van der Waals surface area (Å²) in [7, 11) is 1.81. The standard InChI is InChI=1S/C23H22FNO/c1-25(22(26)17-12-18-8-4-2-5-9-18)23(19-10-6-3-7-11-19)20-13-15-21(24)16-14-20/h2-11,13-16,23H,12,17H2,1H3/t23-/m0/s1. The lowest BCUT2D eigenvalue weighted by Crippen LogP contribution is -2.32. The predicted octanol–water partition coefficient (Wildman–Crippen LogP) is 5.01. The lowest BCUT2D eigenvalue weighted by Gasteiger charge is -2.29. The Hall–Kier alpha value is -2.94. The van der Waals surface area contributed by atoms with Gasteiger partial charge in [-0.1, -0.05) is 72.8 Å². The molecular weight excluding hydrogens is 325 g/mol. The smallest absolute Gasteiger partial charge is 0.223 e. The minimum atomic E-state index is -0.279. The van der Waals surface area contributed by atoms with E-state index in [1.165, 1.54) is 12.1 Å². The molecule has 0 aliphatic rings. The number of carbonyl (C=O) groups excluding carboxylic acids is 1. The van der Waals surface area contributed by atoms with Crippen LogP contribution in [0.4, 0.5) is 4.39 Å². The van der Waals surface area contributed by atoms with Crippen LogP contribution in [0, 0.1) is 5.82 Å². The number of halogens is 1. The maximum Gasteiger partial charge on any atom is 0.223 e. The Labute approximate surface area is 153 Å². The van der Waals surface area contributed by atoms with Gasteiger partial charge in [0.1, 0.15) is 5.82 Å². The fourth-order valence-corrected chi connectivity index (χ4v) is 3.14. The molecule has 0 aliphatic heterocycles. The van der Waals surface area contributed by atoms with Crippen molar-refractivity contribution < 1.29 is 9.18 Å².